The number of ether oxygens (including phenoxy) is 2. The lowest BCUT2D eigenvalue weighted by Gasteiger charge is -2.37. The summed E-state index contributed by atoms with van der Waals surface area (Å²) in [5.74, 6) is 0. The van der Waals surface area contributed by atoms with Crippen LogP contribution in [0.1, 0.15) is 24.1 Å². The van der Waals surface area contributed by atoms with Crippen LogP contribution in [-0.2, 0) is 15.9 Å². The molecule has 0 spiro atoms. The predicted octanol–water partition coefficient (Wildman–Crippen LogP) is 1.86. The zero-order chi connectivity index (χ0) is 15.2. The summed E-state index contributed by atoms with van der Waals surface area (Å²) in [7, 11) is 5.58. The first kappa shape index (κ1) is 16.4. The molecule has 1 aliphatic rings. The Morgan fingerprint density at radius 3 is 2.71 bits per heavy atom. The number of hydrogen-bond acceptors (Lipinski definition) is 4. The van der Waals surface area contributed by atoms with Crippen LogP contribution >= 0.6 is 0 Å². The third-order valence-electron chi connectivity index (χ3n) is 4.47. The molecule has 1 aliphatic carbocycles. The smallest absolute Gasteiger partial charge is 0.0615 e. The standard InChI is InChI=1S/C17H28N2O2/c1-13(12-21-4)19(9-10-20-3)16-11-14-7-5-6-8-15(14)17(16)18-2/h5-8,13,16-18H,9-12H2,1-4H3. The highest BCUT2D eigenvalue weighted by Crippen LogP contribution is 2.35. The molecule has 0 aromatic heterocycles. The van der Waals surface area contributed by atoms with Gasteiger partial charge in [-0.1, -0.05) is 24.3 Å². The summed E-state index contributed by atoms with van der Waals surface area (Å²) in [6.07, 6.45) is 1.08. The van der Waals surface area contributed by atoms with Crippen molar-refractivity contribution in [2.24, 2.45) is 0 Å². The number of benzene rings is 1. The minimum Gasteiger partial charge on any atom is -0.383 e. The maximum absolute atomic E-state index is 5.37. The number of rotatable bonds is 8. The van der Waals surface area contributed by atoms with Crippen molar-refractivity contribution in [3.05, 3.63) is 35.4 Å². The Morgan fingerprint density at radius 2 is 2.05 bits per heavy atom. The molecule has 1 N–H and O–H groups in total. The number of likely N-dealkylation sites (N-methyl/N-ethyl adjacent to an activating group) is 1. The van der Waals surface area contributed by atoms with Gasteiger partial charge >= 0.3 is 0 Å². The summed E-state index contributed by atoms with van der Waals surface area (Å²) >= 11 is 0. The van der Waals surface area contributed by atoms with Crippen molar-refractivity contribution >= 4 is 0 Å². The number of hydrogen-bond donors (Lipinski definition) is 1. The topological polar surface area (TPSA) is 33.7 Å². The lowest BCUT2D eigenvalue weighted by atomic mass is 10.0. The van der Waals surface area contributed by atoms with Gasteiger partial charge in [0.05, 0.1) is 13.2 Å². The van der Waals surface area contributed by atoms with E-state index in [1.807, 2.05) is 0 Å². The maximum atomic E-state index is 5.37. The molecule has 1 aromatic rings. The summed E-state index contributed by atoms with van der Waals surface area (Å²) in [5, 5.41) is 3.50. The number of nitrogens with one attached hydrogen (secondary N) is 1. The van der Waals surface area contributed by atoms with Gasteiger partial charge in [-0.05, 0) is 31.5 Å². The second-order valence-corrected chi connectivity index (χ2v) is 5.77. The molecule has 1 aromatic carbocycles. The van der Waals surface area contributed by atoms with E-state index in [4.69, 9.17) is 9.47 Å². The summed E-state index contributed by atoms with van der Waals surface area (Å²) in [5.41, 5.74) is 2.88. The minimum atomic E-state index is 0.373. The molecule has 0 fully saturated rings. The van der Waals surface area contributed by atoms with Crippen LogP contribution in [0.5, 0.6) is 0 Å². The first-order valence-electron chi connectivity index (χ1n) is 7.71. The molecule has 118 valence electrons. The Hall–Kier alpha value is -0.940. The van der Waals surface area contributed by atoms with E-state index < -0.39 is 0 Å². The van der Waals surface area contributed by atoms with E-state index in [1.54, 1.807) is 14.2 Å². The Balaban J connectivity index is 2.19. The van der Waals surface area contributed by atoms with E-state index in [0.29, 0.717) is 18.1 Å². The molecule has 0 saturated heterocycles. The van der Waals surface area contributed by atoms with Gasteiger partial charge in [0, 0.05) is 38.9 Å². The van der Waals surface area contributed by atoms with Crippen LogP contribution in [-0.4, -0.2) is 58.0 Å². The summed E-state index contributed by atoms with van der Waals surface area (Å²) < 4.78 is 10.7. The van der Waals surface area contributed by atoms with E-state index in [-0.39, 0.29) is 0 Å². The Labute approximate surface area is 128 Å². The van der Waals surface area contributed by atoms with Crippen molar-refractivity contribution in [2.45, 2.75) is 31.5 Å². The molecule has 0 amide bonds. The highest BCUT2D eigenvalue weighted by molar-refractivity contribution is 5.37. The van der Waals surface area contributed by atoms with Gasteiger partial charge in [-0.25, -0.2) is 0 Å². The molecule has 0 heterocycles. The van der Waals surface area contributed by atoms with E-state index in [2.05, 4.69) is 48.5 Å². The fraction of sp³-hybridized carbons (Fsp3) is 0.647. The fourth-order valence-corrected chi connectivity index (χ4v) is 3.48. The molecule has 2 rings (SSSR count). The molecule has 3 unspecified atom stereocenters. The molecule has 0 aliphatic heterocycles. The van der Waals surface area contributed by atoms with Crippen molar-refractivity contribution < 1.29 is 9.47 Å². The number of nitrogens with zero attached hydrogens (tertiary/aromatic N) is 1. The fourth-order valence-electron chi connectivity index (χ4n) is 3.48. The second-order valence-electron chi connectivity index (χ2n) is 5.77. The van der Waals surface area contributed by atoms with Crippen molar-refractivity contribution in [3.63, 3.8) is 0 Å². The average molecular weight is 292 g/mol. The molecule has 0 bridgehead atoms. The molecule has 0 saturated carbocycles. The van der Waals surface area contributed by atoms with Gasteiger partial charge in [-0.15, -0.1) is 0 Å². The van der Waals surface area contributed by atoms with Crippen LogP contribution in [0, 0.1) is 0 Å². The maximum Gasteiger partial charge on any atom is 0.0615 e. The predicted molar refractivity (Wildman–Crippen MR) is 85.7 cm³/mol. The zero-order valence-electron chi connectivity index (χ0n) is 13.6. The third-order valence-corrected chi connectivity index (χ3v) is 4.47. The van der Waals surface area contributed by atoms with Gasteiger partial charge < -0.3 is 14.8 Å². The van der Waals surface area contributed by atoms with Crippen LogP contribution in [0.25, 0.3) is 0 Å². The molecular formula is C17H28N2O2. The van der Waals surface area contributed by atoms with Crippen molar-refractivity contribution in [1.82, 2.24) is 10.2 Å². The average Bonchev–Trinajstić information content (AvgIpc) is 2.86. The molecule has 4 nitrogen and oxygen atoms in total. The Kier molecular flexibility index (Phi) is 6.18. The number of methoxy groups -OCH3 is 2. The van der Waals surface area contributed by atoms with Gasteiger partial charge in [0.1, 0.15) is 0 Å². The monoisotopic (exact) mass is 292 g/mol. The highest BCUT2D eigenvalue weighted by Gasteiger charge is 2.36. The summed E-state index contributed by atoms with van der Waals surface area (Å²) in [6.45, 7) is 4.65. The van der Waals surface area contributed by atoms with Crippen LogP contribution < -0.4 is 5.32 Å². The molecule has 0 radical (unpaired) electrons. The quantitative estimate of drug-likeness (QED) is 0.793. The Morgan fingerprint density at radius 1 is 1.29 bits per heavy atom. The largest absolute Gasteiger partial charge is 0.383 e. The number of fused-ring (bicyclic) bond motifs is 1. The first-order chi connectivity index (χ1) is 10.2. The van der Waals surface area contributed by atoms with Crippen LogP contribution in [0.4, 0.5) is 0 Å². The van der Waals surface area contributed by atoms with E-state index in [0.717, 1.165) is 26.2 Å². The van der Waals surface area contributed by atoms with Gasteiger partial charge in [0.25, 0.3) is 0 Å². The second kappa shape index (κ2) is 7.90. The van der Waals surface area contributed by atoms with E-state index in [9.17, 15) is 0 Å². The first-order valence-corrected chi connectivity index (χ1v) is 7.71. The van der Waals surface area contributed by atoms with E-state index >= 15 is 0 Å². The molecule has 4 heteroatoms. The summed E-state index contributed by atoms with van der Waals surface area (Å²) in [4.78, 5) is 2.52. The van der Waals surface area contributed by atoms with E-state index in [1.165, 1.54) is 11.1 Å². The molecule has 21 heavy (non-hydrogen) atoms. The normalized spacial score (nSPS) is 22.5. The van der Waals surface area contributed by atoms with Crippen LogP contribution in [0.2, 0.25) is 0 Å². The zero-order valence-corrected chi connectivity index (χ0v) is 13.6. The summed E-state index contributed by atoms with van der Waals surface area (Å²) in [6, 6.07) is 9.95. The molecule has 3 atom stereocenters. The van der Waals surface area contributed by atoms with Crippen LogP contribution in [0.3, 0.4) is 0 Å². The van der Waals surface area contributed by atoms with Gasteiger partial charge in [0.2, 0.25) is 0 Å². The SMILES string of the molecule is CNC1c2ccccc2CC1N(CCOC)C(C)COC. The Bertz CT molecular complexity index is 439. The third kappa shape index (κ3) is 3.64. The van der Waals surface area contributed by atoms with Crippen molar-refractivity contribution in [1.29, 1.82) is 0 Å². The molecular weight excluding hydrogens is 264 g/mol. The van der Waals surface area contributed by atoms with Crippen molar-refractivity contribution in [3.8, 4) is 0 Å². The van der Waals surface area contributed by atoms with Gasteiger partial charge in [-0.3, -0.25) is 4.90 Å². The van der Waals surface area contributed by atoms with Crippen molar-refractivity contribution in [2.75, 3.05) is 41.0 Å². The minimum absolute atomic E-state index is 0.373. The van der Waals surface area contributed by atoms with Gasteiger partial charge in [0.15, 0.2) is 0 Å². The van der Waals surface area contributed by atoms with Gasteiger partial charge in [-0.2, -0.15) is 0 Å². The van der Waals surface area contributed by atoms with Crippen LogP contribution in [0.15, 0.2) is 24.3 Å². The lowest BCUT2D eigenvalue weighted by molar-refractivity contribution is 0.0391. The highest BCUT2D eigenvalue weighted by atomic mass is 16.5. The lowest BCUT2D eigenvalue weighted by Crippen LogP contribution is -2.49.